The second-order valence-electron chi connectivity index (χ2n) is 9.82. The average Bonchev–Trinajstić information content (AvgIpc) is 3.71. The van der Waals surface area contributed by atoms with Crippen molar-refractivity contribution in [2.75, 3.05) is 24.7 Å². The maximum absolute atomic E-state index is 12.1. The number of fused-ring (bicyclic) bond motifs is 2. The largest absolute Gasteiger partial charge is 0.770 e. The molecule has 18 nitrogen and oxygen atoms in total. The van der Waals surface area contributed by atoms with E-state index < -0.39 is 56.5 Å². The minimum Gasteiger partial charge on any atom is -0.770 e. The van der Waals surface area contributed by atoms with E-state index >= 15 is 0 Å². The maximum atomic E-state index is 12.1. The lowest BCUT2D eigenvalue weighted by Gasteiger charge is -2.26. The Hall–Kier alpha value is -2.48. The molecule has 0 aromatic carbocycles. The first-order chi connectivity index (χ1) is 20.4. The van der Waals surface area contributed by atoms with Gasteiger partial charge in [-0.1, -0.05) is 0 Å². The molecule has 0 radical (unpaired) electrons. The van der Waals surface area contributed by atoms with Crippen LogP contribution in [0.3, 0.4) is 0 Å². The second kappa shape index (κ2) is 11.8. The summed E-state index contributed by atoms with van der Waals surface area (Å²) >= 11 is 8.72. The molecule has 22 heteroatoms. The number of hydrogen-bond acceptors (Lipinski definition) is 15. The van der Waals surface area contributed by atoms with Crippen molar-refractivity contribution in [2.45, 2.75) is 50.0 Å². The van der Waals surface area contributed by atoms with Crippen molar-refractivity contribution in [1.82, 2.24) is 34.1 Å². The number of thiol groups is 1. The lowest BCUT2D eigenvalue weighted by atomic mass is 10.2. The van der Waals surface area contributed by atoms with Gasteiger partial charge in [0.25, 0.3) is 5.56 Å². The van der Waals surface area contributed by atoms with E-state index in [-0.39, 0.29) is 36.0 Å². The third kappa shape index (κ3) is 6.64. The van der Waals surface area contributed by atoms with Gasteiger partial charge in [0.2, 0.25) is 5.95 Å². The lowest BCUT2D eigenvalue weighted by Crippen LogP contribution is -2.29. The van der Waals surface area contributed by atoms with Crippen LogP contribution in [0.4, 0.5) is 11.8 Å². The van der Waals surface area contributed by atoms with E-state index in [1.807, 2.05) is 0 Å². The van der Waals surface area contributed by atoms with Crippen LogP contribution in [-0.4, -0.2) is 70.5 Å². The van der Waals surface area contributed by atoms with Crippen LogP contribution in [0.1, 0.15) is 31.7 Å². The number of nitrogens with zero attached hydrogens (tertiary/aromatic N) is 6. The number of anilines is 2. The molecule has 4 aromatic rings. The van der Waals surface area contributed by atoms with Gasteiger partial charge >= 0.3 is 6.72 Å². The van der Waals surface area contributed by atoms with Crippen LogP contribution in [0.2, 0.25) is 0 Å². The predicted octanol–water partition coefficient (Wildman–Crippen LogP) is 0.727. The first-order valence-electron chi connectivity index (χ1n) is 12.8. The van der Waals surface area contributed by atoms with Gasteiger partial charge in [0.15, 0.2) is 18.0 Å². The van der Waals surface area contributed by atoms with Crippen LogP contribution in [0.5, 0.6) is 0 Å². The minimum atomic E-state index is -4.40. The number of imidazole rings is 1. The molecule has 0 spiro atoms. The molecule has 0 bridgehead atoms. The molecule has 2 aliphatic rings. The Morgan fingerprint density at radius 2 is 1.98 bits per heavy atom. The van der Waals surface area contributed by atoms with Gasteiger partial charge in [-0.05, 0) is 30.7 Å². The van der Waals surface area contributed by atoms with E-state index in [9.17, 15) is 19.1 Å². The summed E-state index contributed by atoms with van der Waals surface area (Å²) in [6, 6.07) is 1.72. The Kier molecular flexibility index (Phi) is 8.38. The van der Waals surface area contributed by atoms with E-state index in [1.165, 1.54) is 12.7 Å². The van der Waals surface area contributed by atoms with Gasteiger partial charge in [-0.2, -0.15) is 4.98 Å². The van der Waals surface area contributed by atoms with Crippen molar-refractivity contribution in [3.05, 3.63) is 35.3 Å². The summed E-state index contributed by atoms with van der Waals surface area (Å²) in [7, 11) is 0. The first kappa shape index (κ1) is 30.5. The molecule has 232 valence electrons. The molecule has 2 saturated heterocycles. The highest BCUT2D eigenvalue weighted by Crippen LogP contribution is 2.50. The zero-order chi connectivity index (χ0) is 30.5. The van der Waals surface area contributed by atoms with Crippen molar-refractivity contribution in [3.8, 4) is 0 Å². The Morgan fingerprint density at radius 1 is 1.16 bits per heavy atom. The Balaban J connectivity index is 1.11. The summed E-state index contributed by atoms with van der Waals surface area (Å²) in [5.41, 5.74) is 12.0. The predicted molar refractivity (Wildman–Crippen MR) is 156 cm³/mol. The number of aromatic nitrogens is 7. The molecule has 43 heavy (non-hydrogen) atoms. The number of nitrogens with two attached hydrogens (primary N) is 2. The minimum absolute atomic E-state index is 0.0492. The molecule has 2 fully saturated rings. The fourth-order valence-corrected chi connectivity index (χ4v) is 7.10. The van der Waals surface area contributed by atoms with Crippen LogP contribution in [0, 0.1) is 0 Å². The molecule has 7 atom stereocenters. The molecule has 6 heterocycles. The van der Waals surface area contributed by atoms with Gasteiger partial charge in [0, 0.05) is 12.6 Å². The first-order valence-corrected chi connectivity index (χ1v) is 18.1. The standard InChI is InChI=1S/C21H27N9O9P2S2/c22-17-11-3-4-29(18(11)25-8-24-17)15-5-12(13(38-15)7-35-40(32,33)42)39-41(34,43)36-6-10-1-2-14(37-10)30-9-26-16-19(30)27-21(23)28-20(16)31/h3-4,8-10,12-15H,1-2,5-7H2,(H,34,43)(H2,22,24,25)(H2,32,33,42)(H3,23,27,28,31)/p-1/t10-,12-,13?,14+,15+,41?/m0/s1. The Morgan fingerprint density at radius 3 is 2.77 bits per heavy atom. The smallest absolute Gasteiger partial charge is 0.324 e. The van der Waals surface area contributed by atoms with Gasteiger partial charge in [-0.3, -0.25) is 18.9 Å². The highest BCUT2D eigenvalue weighted by molar-refractivity contribution is 8.43. The molecule has 0 aliphatic carbocycles. The fraction of sp³-hybridized carbons (Fsp3) is 0.476. The molecule has 6 N–H and O–H groups in total. The van der Waals surface area contributed by atoms with Gasteiger partial charge in [-0.25, -0.2) is 15.0 Å². The SMILES string of the molecule is Nc1nc2c(ncn2[C@H]2CC[C@@H](COP(O)(=S)O[C@H]3C[C@H](n4ccc5c(N)ncnc54)OC3COP(=O)([O-])S)O2)c(=O)[nH]1. The summed E-state index contributed by atoms with van der Waals surface area (Å²) < 4.78 is 43.2. The van der Waals surface area contributed by atoms with Crippen molar-refractivity contribution in [2.24, 2.45) is 0 Å². The van der Waals surface area contributed by atoms with E-state index in [0.29, 0.717) is 23.9 Å². The number of H-pyrrole nitrogens is 1. The van der Waals surface area contributed by atoms with E-state index in [0.717, 1.165) is 0 Å². The summed E-state index contributed by atoms with van der Waals surface area (Å²) in [5.74, 6) is 0.231. The summed E-state index contributed by atoms with van der Waals surface area (Å²) in [6.45, 7) is -8.82. The summed E-state index contributed by atoms with van der Waals surface area (Å²) in [6.07, 6.45) is 2.13. The second-order valence-corrected chi connectivity index (χ2v) is 15.3. The lowest BCUT2D eigenvalue weighted by molar-refractivity contribution is -0.192. The molecule has 6 rings (SSSR count). The zero-order valence-electron chi connectivity index (χ0n) is 22.0. The average molecular weight is 675 g/mol. The van der Waals surface area contributed by atoms with Crippen LogP contribution in [0.15, 0.2) is 29.7 Å². The summed E-state index contributed by atoms with van der Waals surface area (Å²) in [4.78, 5) is 53.5. The molecule has 2 aliphatic heterocycles. The van der Waals surface area contributed by atoms with Crippen molar-refractivity contribution < 1.29 is 37.4 Å². The molecular formula is C21H26N9O9P2S2-. The quantitative estimate of drug-likeness (QED) is 0.115. The van der Waals surface area contributed by atoms with Crippen molar-refractivity contribution in [3.63, 3.8) is 0 Å². The maximum Gasteiger partial charge on any atom is 0.324 e. The molecule has 0 amide bonds. The number of ether oxygens (including phenoxy) is 2. The van der Waals surface area contributed by atoms with Gasteiger partial charge < -0.3 is 48.9 Å². The summed E-state index contributed by atoms with van der Waals surface area (Å²) in [5, 5.41) is 0.600. The number of aromatic amines is 1. The molecule has 3 unspecified atom stereocenters. The highest BCUT2D eigenvalue weighted by Gasteiger charge is 2.41. The van der Waals surface area contributed by atoms with Crippen LogP contribution < -0.4 is 21.9 Å². The number of hydrogen-bond donors (Lipinski definition) is 5. The normalized spacial score (nSPS) is 27.1. The Labute approximate surface area is 252 Å². The number of rotatable bonds is 10. The van der Waals surface area contributed by atoms with E-state index in [1.54, 1.807) is 21.4 Å². The van der Waals surface area contributed by atoms with Gasteiger partial charge in [-0.15, -0.1) is 12.2 Å². The molecule has 4 aromatic heterocycles. The highest BCUT2D eigenvalue weighted by atomic mass is 32.7. The van der Waals surface area contributed by atoms with Crippen LogP contribution >= 0.6 is 25.8 Å². The van der Waals surface area contributed by atoms with E-state index in [4.69, 9.17) is 46.3 Å². The topological polar surface area (TPSA) is 253 Å². The van der Waals surface area contributed by atoms with E-state index in [2.05, 4.69) is 37.2 Å². The molecular weight excluding hydrogens is 648 g/mol. The number of nitrogens with one attached hydrogen (secondary N) is 1. The third-order valence-electron chi connectivity index (χ3n) is 6.97. The third-order valence-corrected chi connectivity index (χ3v) is 9.38. The molecule has 0 saturated carbocycles. The van der Waals surface area contributed by atoms with Gasteiger partial charge in [0.1, 0.15) is 36.4 Å². The zero-order valence-corrected chi connectivity index (χ0v) is 25.5. The fourth-order valence-electron chi connectivity index (χ4n) is 5.07. The van der Waals surface area contributed by atoms with Crippen molar-refractivity contribution >= 4 is 71.5 Å². The Bertz CT molecular complexity index is 1810. The van der Waals surface area contributed by atoms with Gasteiger partial charge in [0.05, 0.1) is 37.1 Å². The van der Waals surface area contributed by atoms with Crippen molar-refractivity contribution in [1.29, 1.82) is 0 Å². The van der Waals surface area contributed by atoms with Crippen LogP contribution in [0.25, 0.3) is 22.2 Å². The van der Waals surface area contributed by atoms with Crippen LogP contribution in [-0.2, 0) is 39.4 Å². The monoisotopic (exact) mass is 674 g/mol. The number of nitrogen functional groups attached to an aromatic ring is 2.